The molecular formula is C25H30N2O5. The zero-order valence-electron chi connectivity index (χ0n) is 19.0. The Bertz CT molecular complexity index is 1140. The van der Waals surface area contributed by atoms with Gasteiger partial charge in [-0.15, -0.1) is 0 Å². The molecule has 7 nitrogen and oxygen atoms in total. The first-order valence-corrected chi connectivity index (χ1v) is 10.6. The number of hydrogen-bond acceptors (Lipinski definition) is 4. The number of benzene rings is 2. The van der Waals surface area contributed by atoms with E-state index < -0.39 is 11.6 Å². The highest BCUT2D eigenvalue weighted by atomic mass is 16.5. The van der Waals surface area contributed by atoms with Crippen molar-refractivity contribution >= 4 is 5.97 Å². The molecule has 32 heavy (non-hydrogen) atoms. The minimum atomic E-state index is -1.30. The summed E-state index contributed by atoms with van der Waals surface area (Å²) in [6, 6.07) is 15.2. The van der Waals surface area contributed by atoms with Gasteiger partial charge < -0.3 is 14.9 Å². The quantitative estimate of drug-likeness (QED) is 0.532. The fraction of sp³-hybridized carbons (Fsp3) is 0.360. The molecule has 0 saturated carbocycles. The van der Waals surface area contributed by atoms with Crippen LogP contribution in [-0.4, -0.2) is 30.9 Å². The van der Waals surface area contributed by atoms with Crippen LogP contribution in [0.5, 0.6) is 11.6 Å². The predicted octanol–water partition coefficient (Wildman–Crippen LogP) is 3.67. The van der Waals surface area contributed by atoms with Crippen molar-refractivity contribution < 1.29 is 19.7 Å². The van der Waals surface area contributed by atoms with Gasteiger partial charge in [-0.25, -0.2) is 9.59 Å². The molecule has 0 bridgehead atoms. The van der Waals surface area contributed by atoms with Crippen LogP contribution in [0.2, 0.25) is 0 Å². The van der Waals surface area contributed by atoms with Crippen LogP contribution in [-0.2, 0) is 31.2 Å². The second-order valence-corrected chi connectivity index (χ2v) is 8.60. The third-order valence-corrected chi connectivity index (χ3v) is 5.59. The highest BCUT2D eigenvalue weighted by molar-refractivity contribution is 5.76. The van der Waals surface area contributed by atoms with Crippen LogP contribution in [0.15, 0.2) is 53.3 Å². The van der Waals surface area contributed by atoms with E-state index in [1.54, 1.807) is 19.2 Å². The molecule has 1 aromatic heterocycles. The van der Waals surface area contributed by atoms with Crippen LogP contribution >= 0.6 is 0 Å². The van der Waals surface area contributed by atoms with Gasteiger partial charge in [-0.05, 0) is 63.3 Å². The molecular weight excluding hydrogens is 408 g/mol. The summed E-state index contributed by atoms with van der Waals surface area (Å²) in [5.41, 5.74) is 2.25. The van der Waals surface area contributed by atoms with E-state index in [9.17, 15) is 14.7 Å². The molecule has 0 amide bonds. The Morgan fingerprint density at radius 2 is 1.59 bits per heavy atom. The van der Waals surface area contributed by atoms with E-state index in [1.165, 1.54) is 23.0 Å². The Morgan fingerprint density at radius 1 is 1.00 bits per heavy atom. The number of carboxylic acids is 1. The Hall–Kier alpha value is -3.48. The topological polar surface area (TPSA) is 93.7 Å². The third-order valence-electron chi connectivity index (χ3n) is 5.59. The van der Waals surface area contributed by atoms with Gasteiger partial charge in [0.05, 0.1) is 12.2 Å². The second-order valence-electron chi connectivity index (χ2n) is 8.60. The minimum absolute atomic E-state index is 0.0118. The summed E-state index contributed by atoms with van der Waals surface area (Å²) in [5.74, 6) is -0.520. The lowest BCUT2D eigenvalue weighted by atomic mass is 10.1. The highest BCUT2D eigenvalue weighted by Crippen LogP contribution is 2.22. The molecule has 2 aromatic carbocycles. The fourth-order valence-corrected chi connectivity index (χ4v) is 3.51. The molecule has 0 aliphatic carbocycles. The molecule has 2 N–H and O–H groups in total. The monoisotopic (exact) mass is 438 g/mol. The number of hydrogen-bond donors (Lipinski definition) is 2. The Labute approximate surface area is 187 Å². The van der Waals surface area contributed by atoms with Crippen molar-refractivity contribution in [3.05, 3.63) is 81.4 Å². The molecule has 0 aliphatic heterocycles. The third kappa shape index (κ3) is 5.22. The maximum atomic E-state index is 12.6. The molecule has 0 radical (unpaired) electrons. The van der Waals surface area contributed by atoms with Crippen LogP contribution in [0, 0.1) is 6.92 Å². The molecule has 0 spiro atoms. The van der Waals surface area contributed by atoms with Crippen molar-refractivity contribution in [2.45, 2.75) is 52.2 Å². The van der Waals surface area contributed by atoms with E-state index in [1.807, 2.05) is 43.3 Å². The molecule has 0 saturated heterocycles. The van der Waals surface area contributed by atoms with Crippen LogP contribution < -0.4 is 10.4 Å². The van der Waals surface area contributed by atoms with Gasteiger partial charge >= 0.3 is 11.7 Å². The smallest absolute Gasteiger partial charge is 0.347 e. The minimum Gasteiger partial charge on any atom is -0.493 e. The first-order chi connectivity index (χ1) is 15.1. The van der Waals surface area contributed by atoms with E-state index in [0.717, 1.165) is 29.5 Å². The van der Waals surface area contributed by atoms with Gasteiger partial charge in [0.2, 0.25) is 5.88 Å². The van der Waals surface area contributed by atoms with Crippen molar-refractivity contribution in [1.82, 2.24) is 9.13 Å². The lowest BCUT2D eigenvalue weighted by Crippen LogP contribution is -2.37. The highest BCUT2D eigenvalue weighted by Gasteiger charge is 2.29. The van der Waals surface area contributed by atoms with Gasteiger partial charge in [0.15, 0.2) is 5.60 Å². The van der Waals surface area contributed by atoms with Gasteiger partial charge in [-0.2, -0.15) is 0 Å². The second kappa shape index (κ2) is 9.34. The van der Waals surface area contributed by atoms with Crippen molar-refractivity contribution in [2.24, 2.45) is 7.05 Å². The van der Waals surface area contributed by atoms with E-state index >= 15 is 0 Å². The molecule has 3 rings (SSSR count). The van der Waals surface area contributed by atoms with Crippen LogP contribution in [0.4, 0.5) is 0 Å². The standard InChI is InChI=1S/C25H30N2O5/c1-17-8-10-19(11-9-17)16-27-22(28)21(26(4)24(27)31)7-5-6-18-12-14-20(15-13-18)32-25(2,3)23(29)30/h8-15,28H,5-7,16H2,1-4H3,(H,29,30). The Morgan fingerprint density at radius 3 is 2.19 bits per heavy atom. The number of carbonyl (C=O) groups is 1. The number of aromatic hydroxyl groups is 1. The molecule has 0 aliphatic rings. The average molecular weight is 439 g/mol. The molecule has 170 valence electrons. The normalized spacial score (nSPS) is 11.5. The molecule has 0 unspecified atom stereocenters. The number of carboxylic acid groups (broad SMARTS) is 1. The summed E-state index contributed by atoms with van der Waals surface area (Å²) in [4.78, 5) is 23.8. The lowest BCUT2D eigenvalue weighted by Gasteiger charge is -2.21. The number of aromatic nitrogens is 2. The van der Waals surface area contributed by atoms with Crippen molar-refractivity contribution in [1.29, 1.82) is 0 Å². The average Bonchev–Trinajstić information content (AvgIpc) is 2.94. The maximum Gasteiger partial charge on any atom is 0.347 e. The summed E-state index contributed by atoms with van der Waals surface area (Å²) in [6.07, 6.45) is 2.05. The number of ether oxygens (including phenoxy) is 1. The first-order valence-electron chi connectivity index (χ1n) is 10.6. The molecule has 0 atom stereocenters. The van der Waals surface area contributed by atoms with E-state index in [-0.39, 0.29) is 11.6 Å². The summed E-state index contributed by atoms with van der Waals surface area (Å²) in [6.45, 7) is 5.34. The van der Waals surface area contributed by atoms with E-state index in [2.05, 4.69) is 0 Å². The summed E-state index contributed by atoms with van der Waals surface area (Å²) < 4.78 is 8.43. The van der Waals surface area contributed by atoms with Gasteiger partial charge in [0, 0.05) is 7.05 Å². The predicted molar refractivity (Wildman–Crippen MR) is 122 cm³/mol. The van der Waals surface area contributed by atoms with Crippen molar-refractivity contribution in [3.8, 4) is 11.6 Å². The first kappa shape index (κ1) is 23.2. The van der Waals surface area contributed by atoms with Gasteiger partial charge in [-0.1, -0.05) is 42.0 Å². The van der Waals surface area contributed by atoms with Crippen LogP contribution in [0.1, 0.15) is 42.7 Å². The molecule has 1 heterocycles. The molecule has 7 heteroatoms. The van der Waals surface area contributed by atoms with E-state index in [0.29, 0.717) is 24.4 Å². The fourth-order valence-electron chi connectivity index (χ4n) is 3.51. The Balaban J connectivity index is 1.63. The van der Waals surface area contributed by atoms with E-state index in [4.69, 9.17) is 9.84 Å². The zero-order valence-corrected chi connectivity index (χ0v) is 19.0. The maximum absolute atomic E-state index is 12.6. The zero-order chi connectivity index (χ0) is 23.5. The number of nitrogens with zero attached hydrogens (tertiary/aromatic N) is 2. The van der Waals surface area contributed by atoms with Gasteiger partial charge in [0.25, 0.3) is 0 Å². The van der Waals surface area contributed by atoms with Crippen molar-refractivity contribution in [2.75, 3.05) is 0 Å². The van der Waals surface area contributed by atoms with Gasteiger partial charge in [-0.3, -0.25) is 9.13 Å². The largest absolute Gasteiger partial charge is 0.493 e. The summed E-state index contributed by atoms with van der Waals surface area (Å²) >= 11 is 0. The summed E-state index contributed by atoms with van der Waals surface area (Å²) in [7, 11) is 1.68. The lowest BCUT2D eigenvalue weighted by molar-refractivity contribution is -0.152. The Kier molecular flexibility index (Phi) is 6.77. The number of imidazole rings is 1. The van der Waals surface area contributed by atoms with Crippen LogP contribution in [0.25, 0.3) is 0 Å². The molecule has 3 aromatic rings. The number of aliphatic carboxylic acids is 1. The van der Waals surface area contributed by atoms with Gasteiger partial charge in [0.1, 0.15) is 5.75 Å². The van der Waals surface area contributed by atoms with Crippen molar-refractivity contribution in [3.63, 3.8) is 0 Å². The van der Waals surface area contributed by atoms with Crippen LogP contribution in [0.3, 0.4) is 0 Å². The SMILES string of the molecule is Cc1ccc(Cn2c(O)c(CCCc3ccc(OC(C)(C)C(=O)O)cc3)n(C)c2=O)cc1. The number of aryl methyl sites for hydroxylation is 2. The molecule has 0 fully saturated rings. The summed E-state index contributed by atoms with van der Waals surface area (Å²) in [5, 5.41) is 19.8. The number of rotatable bonds is 9.